The van der Waals surface area contributed by atoms with Crippen molar-refractivity contribution in [2.45, 2.75) is 19.4 Å². The quantitative estimate of drug-likeness (QED) is 0.847. The molecule has 2 aromatic rings. The van der Waals surface area contributed by atoms with Crippen LogP contribution >= 0.6 is 11.6 Å². The average Bonchev–Trinajstić information content (AvgIpc) is 2.88. The SMILES string of the molecule is Cc1ccc(C(C)(O)CNC(=O)c2cc(F)c(F)cc2Cl)o1. The van der Waals surface area contributed by atoms with Crippen LogP contribution in [-0.4, -0.2) is 17.6 Å². The zero-order valence-electron chi connectivity index (χ0n) is 11.9. The summed E-state index contributed by atoms with van der Waals surface area (Å²) in [7, 11) is 0. The molecular formula is C15H14ClF2NO3. The van der Waals surface area contributed by atoms with Crippen molar-refractivity contribution in [2.75, 3.05) is 6.54 Å². The van der Waals surface area contributed by atoms with Crippen LogP contribution in [-0.2, 0) is 5.60 Å². The highest BCUT2D eigenvalue weighted by Gasteiger charge is 2.28. The maximum atomic E-state index is 13.2. The van der Waals surface area contributed by atoms with E-state index in [1.165, 1.54) is 6.92 Å². The predicted molar refractivity (Wildman–Crippen MR) is 76.7 cm³/mol. The van der Waals surface area contributed by atoms with E-state index in [2.05, 4.69) is 5.32 Å². The van der Waals surface area contributed by atoms with E-state index in [0.29, 0.717) is 11.8 Å². The van der Waals surface area contributed by atoms with Crippen molar-refractivity contribution in [3.05, 3.63) is 58.0 Å². The van der Waals surface area contributed by atoms with E-state index in [4.69, 9.17) is 16.0 Å². The maximum absolute atomic E-state index is 13.2. The van der Waals surface area contributed by atoms with Gasteiger partial charge in [-0.1, -0.05) is 11.6 Å². The Bertz CT molecular complexity index is 713. The number of furan rings is 1. The molecule has 22 heavy (non-hydrogen) atoms. The Morgan fingerprint density at radius 3 is 2.59 bits per heavy atom. The molecule has 0 spiro atoms. The van der Waals surface area contributed by atoms with Crippen LogP contribution in [0.15, 0.2) is 28.7 Å². The number of aryl methyl sites for hydroxylation is 1. The molecule has 7 heteroatoms. The molecule has 0 radical (unpaired) electrons. The molecule has 4 nitrogen and oxygen atoms in total. The minimum absolute atomic E-state index is 0.186. The van der Waals surface area contributed by atoms with Gasteiger partial charge >= 0.3 is 0 Å². The van der Waals surface area contributed by atoms with Gasteiger partial charge in [0.05, 0.1) is 17.1 Å². The fourth-order valence-corrected chi connectivity index (χ4v) is 2.09. The topological polar surface area (TPSA) is 62.5 Å². The Morgan fingerprint density at radius 1 is 1.36 bits per heavy atom. The summed E-state index contributed by atoms with van der Waals surface area (Å²) in [6.07, 6.45) is 0. The lowest BCUT2D eigenvalue weighted by Crippen LogP contribution is -2.38. The first-order chi connectivity index (χ1) is 10.2. The van der Waals surface area contributed by atoms with E-state index in [9.17, 15) is 18.7 Å². The highest BCUT2D eigenvalue weighted by molar-refractivity contribution is 6.33. The van der Waals surface area contributed by atoms with E-state index in [1.807, 2.05) is 0 Å². The Labute approximate surface area is 130 Å². The van der Waals surface area contributed by atoms with Gasteiger partial charge in [0.1, 0.15) is 17.1 Å². The first-order valence-corrected chi connectivity index (χ1v) is 6.80. The smallest absolute Gasteiger partial charge is 0.253 e. The molecule has 0 aliphatic heterocycles. The number of halogens is 3. The van der Waals surface area contributed by atoms with Gasteiger partial charge in [-0.05, 0) is 38.1 Å². The summed E-state index contributed by atoms with van der Waals surface area (Å²) in [5, 5.41) is 12.5. The first-order valence-electron chi connectivity index (χ1n) is 6.43. The molecule has 1 unspecified atom stereocenters. The first kappa shape index (κ1) is 16.5. The molecule has 0 saturated carbocycles. The van der Waals surface area contributed by atoms with Crippen LogP contribution in [0, 0.1) is 18.6 Å². The molecule has 118 valence electrons. The number of hydrogen-bond donors (Lipinski definition) is 2. The van der Waals surface area contributed by atoms with E-state index in [0.717, 1.165) is 6.07 Å². The minimum atomic E-state index is -1.45. The second-order valence-corrected chi connectivity index (χ2v) is 5.52. The summed E-state index contributed by atoms with van der Waals surface area (Å²) in [5.41, 5.74) is -1.67. The zero-order chi connectivity index (χ0) is 16.5. The lowest BCUT2D eigenvalue weighted by molar-refractivity contribution is 0.0323. The Balaban J connectivity index is 2.11. The summed E-state index contributed by atoms with van der Waals surface area (Å²) >= 11 is 5.72. The molecule has 2 N–H and O–H groups in total. The summed E-state index contributed by atoms with van der Waals surface area (Å²) in [6, 6.07) is 4.70. The molecule has 0 fully saturated rings. The molecule has 1 atom stereocenters. The van der Waals surface area contributed by atoms with E-state index in [-0.39, 0.29) is 22.9 Å². The lowest BCUT2D eigenvalue weighted by atomic mass is 10.0. The summed E-state index contributed by atoms with van der Waals surface area (Å²) in [6.45, 7) is 2.99. The number of benzene rings is 1. The molecule has 1 aromatic heterocycles. The van der Waals surface area contributed by atoms with Gasteiger partial charge in [-0.3, -0.25) is 4.79 Å². The van der Waals surface area contributed by atoms with Crippen LogP contribution in [0.2, 0.25) is 5.02 Å². The lowest BCUT2D eigenvalue weighted by Gasteiger charge is -2.21. The number of amides is 1. The van der Waals surface area contributed by atoms with Crippen molar-refractivity contribution in [3.8, 4) is 0 Å². The van der Waals surface area contributed by atoms with Gasteiger partial charge in [0, 0.05) is 0 Å². The van der Waals surface area contributed by atoms with Gasteiger partial charge in [0.2, 0.25) is 0 Å². The second kappa shape index (κ2) is 6.06. The number of aliphatic hydroxyl groups is 1. The average molecular weight is 330 g/mol. The van der Waals surface area contributed by atoms with Crippen molar-refractivity contribution in [3.63, 3.8) is 0 Å². The number of nitrogens with one attached hydrogen (secondary N) is 1. The largest absolute Gasteiger partial charge is 0.463 e. The third-order valence-electron chi connectivity index (χ3n) is 3.12. The molecule has 0 saturated heterocycles. The maximum Gasteiger partial charge on any atom is 0.253 e. The summed E-state index contributed by atoms with van der Waals surface area (Å²) in [4.78, 5) is 12.0. The molecular weight excluding hydrogens is 316 g/mol. The van der Waals surface area contributed by atoms with Gasteiger partial charge in [0.15, 0.2) is 11.6 Å². The Hall–Kier alpha value is -1.92. The van der Waals surface area contributed by atoms with Crippen molar-refractivity contribution < 1.29 is 23.1 Å². The molecule has 2 rings (SSSR count). The van der Waals surface area contributed by atoms with Crippen molar-refractivity contribution in [1.82, 2.24) is 5.32 Å². The molecule has 1 heterocycles. The molecule has 0 aliphatic rings. The number of carbonyl (C=O) groups is 1. The van der Waals surface area contributed by atoms with Crippen LogP contribution in [0.5, 0.6) is 0 Å². The fraction of sp³-hybridized carbons (Fsp3) is 0.267. The van der Waals surface area contributed by atoms with Crippen molar-refractivity contribution in [2.24, 2.45) is 0 Å². The molecule has 1 amide bonds. The predicted octanol–water partition coefficient (Wildman–Crippen LogP) is 3.16. The number of carbonyl (C=O) groups excluding carboxylic acids is 1. The van der Waals surface area contributed by atoms with E-state index in [1.54, 1.807) is 19.1 Å². The monoisotopic (exact) mass is 329 g/mol. The van der Waals surface area contributed by atoms with Crippen LogP contribution in [0.4, 0.5) is 8.78 Å². The minimum Gasteiger partial charge on any atom is -0.463 e. The van der Waals surface area contributed by atoms with Crippen molar-refractivity contribution in [1.29, 1.82) is 0 Å². The standard InChI is InChI=1S/C15H14ClF2NO3/c1-8-3-4-13(22-8)15(2,21)7-19-14(20)9-5-11(17)12(18)6-10(9)16/h3-6,21H,7H2,1-2H3,(H,19,20). The zero-order valence-corrected chi connectivity index (χ0v) is 12.7. The van der Waals surface area contributed by atoms with Gasteiger partial charge in [-0.15, -0.1) is 0 Å². The molecule has 0 bridgehead atoms. The van der Waals surface area contributed by atoms with Crippen molar-refractivity contribution >= 4 is 17.5 Å². The number of rotatable bonds is 4. The second-order valence-electron chi connectivity index (χ2n) is 5.11. The highest BCUT2D eigenvalue weighted by atomic mass is 35.5. The van der Waals surface area contributed by atoms with Gasteiger partial charge < -0.3 is 14.8 Å². The summed E-state index contributed by atoms with van der Waals surface area (Å²) in [5.74, 6) is -2.15. The van der Waals surface area contributed by atoms with Crippen LogP contribution in [0.1, 0.15) is 28.8 Å². The molecule has 0 aliphatic carbocycles. The third-order valence-corrected chi connectivity index (χ3v) is 3.43. The number of hydrogen-bond acceptors (Lipinski definition) is 3. The highest BCUT2D eigenvalue weighted by Crippen LogP contribution is 2.23. The summed E-state index contributed by atoms with van der Waals surface area (Å²) < 4.78 is 31.5. The fourth-order valence-electron chi connectivity index (χ4n) is 1.86. The molecule has 1 aromatic carbocycles. The van der Waals surface area contributed by atoms with Gasteiger partial charge in [-0.25, -0.2) is 8.78 Å². The normalized spacial score (nSPS) is 13.7. The van der Waals surface area contributed by atoms with Gasteiger partial charge in [0.25, 0.3) is 5.91 Å². The van der Waals surface area contributed by atoms with E-state index >= 15 is 0 Å². The van der Waals surface area contributed by atoms with Crippen LogP contribution in [0.25, 0.3) is 0 Å². The van der Waals surface area contributed by atoms with Crippen LogP contribution < -0.4 is 5.32 Å². The Kier molecular flexibility index (Phi) is 4.53. The third kappa shape index (κ3) is 3.45. The van der Waals surface area contributed by atoms with Crippen LogP contribution in [0.3, 0.4) is 0 Å². The van der Waals surface area contributed by atoms with E-state index < -0.39 is 23.1 Å². The van der Waals surface area contributed by atoms with Gasteiger partial charge in [-0.2, -0.15) is 0 Å². The Morgan fingerprint density at radius 2 is 2.00 bits per heavy atom.